The zero-order valence-corrected chi connectivity index (χ0v) is 22.5. The van der Waals surface area contributed by atoms with Gasteiger partial charge < -0.3 is 0 Å². The van der Waals surface area contributed by atoms with Gasteiger partial charge >= 0.3 is 0 Å². The van der Waals surface area contributed by atoms with Crippen LogP contribution in [0.3, 0.4) is 0 Å². The minimum absolute atomic E-state index is 0.132. The molecule has 0 spiro atoms. The van der Waals surface area contributed by atoms with Gasteiger partial charge in [0, 0.05) is 6.54 Å². The molecule has 0 N–H and O–H groups in total. The van der Waals surface area contributed by atoms with Crippen molar-refractivity contribution in [3.63, 3.8) is 0 Å². The molecule has 1 heterocycles. The number of carbonyl (C=O) groups is 2. The molecule has 0 aromatic heterocycles. The molecule has 3 atom stereocenters. The first kappa shape index (κ1) is 24.6. The molecule has 2 aliphatic carbocycles. The molecule has 1 saturated carbocycles. The first-order chi connectivity index (χ1) is 16.7. The first-order valence-corrected chi connectivity index (χ1v) is 14.6. The molecule has 5 rings (SSSR count). The second-order valence-electron chi connectivity index (χ2n) is 11.8. The summed E-state index contributed by atoms with van der Waals surface area (Å²) >= 11 is 2.02. The Labute approximate surface area is 215 Å². The van der Waals surface area contributed by atoms with Crippen LogP contribution in [0.2, 0.25) is 0 Å². The van der Waals surface area contributed by atoms with Crippen molar-refractivity contribution in [2.75, 3.05) is 18.1 Å². The van der Waals surface area contributed by atoms with E-state index in [1.165, 1.54) is 42.6 Å². The molecule has 0 radical (unpaired) electrons. The smallest absolute Gasteiger partial charge is 0.261 e. The van der Waals surface area contributed by atoms with Crippen LogP contribution in [0.5, 0.6) is 0 Å². The Kier molecular flexibility index (Phi) is 6.63. The molecule has 0 saturated heterocycles. The zero-order valence-electron chi connectivity index (χ0n) is 21.7. The lowest BCUT2D eigenvalue weighted by molar-refractivity contribution is 0.0445. The highest BCUT2D eigenvalue weighted by atomic mass is 32.2. The summed E-state index contributed by atoms with van der Waals surface area (Å²) in [6.07, 6.45) is 7.25. The van der Waals surface area contributed by atoms with Gasteiger partial charge in [0.25, 0.3) is 11.8 Å². The van der Waals surface area contributed by atoms with Crippen LogP contribution < -0.4 is 0 Å². The van der Waals surface area contributed by atoms with Gasteiger partial charge in [-0.1, -0.05) is 64.4 Å². The average molecular weight is 490 g/mol. The lowest BCUT2D eigenvalue weighted by atomic mass is 9.50. The number of fused-ring (bicyclic) bond motifs is 4. The molecule has 4 heteroatoms. The molecular weight excluding hydrogens is 450 g/mol. The molecule has 1 fully saturated rings. The van der Waals surface area contributed by atoms with Gasteiger partial charge in [0.05, 0.1) is 11.1 Å². The Balaban J connectivity index is 1.20. The highest BCUT2D eigenvalue weighted by molar-refractivity contribution is 7.99. The molecule has 2 aromatic rings. The molecule has 186 valence electrons. The average Bonchev–Trinajstić information content (AvgIpc) is 3.08. The van der Waals surface area contributed by atoms with Crippen molar-refractivity contribution in [1.29, 1.82) is 0 Å². The molecule has 3 aliphatic rings. The van der Waals surface area contributed by atoms with Gasteiger partial charge in [-0.3, -0.25) is 14.5 Å². The molecule has 35 heavy (non-hydrogen) atoms. The second kappa shape index (κ2) is 9.42. The number of imide groups is 1. The summed E-state index contributed by atoms with van der Waals surface area (Å²) in [7, 11) is 0. The Morgan fingerprint density at radius 3 is 2.43 bits per heavy atom. The van der Waals surface area contributed by atoms with Crippen LogP contribution >= 0.6 is 11.8 Å². The van der Waals surface area contributed by atoms with Crippen molar-refractivity contribution in [3.8, 4) is 0 Å². The highest BCUT2D eigenvalue weighted by Crippen LogP contribution is 2.58. The van der Waals surface area contributed by atoms with Gasteiger partial charge in [0.1, 0.15) is 0 Å². The fraction of sp³-hybridized carbons (Fsp3) is 0.548. The number of aryl methyl sites for hydroxylation is 1. The van der Waals surface area contributed by atoms with Gasteiger partial charge in [-0.05, 0) is 95.1 Å². The summed E-state index contributed by atoms with van der Waals surface area (Å²) in [6.45, 7) is 10.2. The number of hydrogen-bond acceptors (Lipinski definition) is 3. The van der Waals surface area contributed by atoms with E-state index in [0.717, 1.165) is 17.9 Å². The number of nitrogens with zero attached hydrogens (tertiary/aromatic N) is 1. The maximum Gasteiger partial charge on any atom is 0.261 e. The normalized spacial score (nSPS) is 27.7. The molecule has 0 unspecified atom stereocenters. The van der Waals surface area contributed by atoms with E-state index in [4.69, 9.17) is 0 Å². The largest absolute Gasteiger partial charge is 0.274 e. The van der Waals surface area contributed by atoms with E-state index in [1.807, 2.05) is 23.9 Å². The summed E-state index contributed by atoms with van der Waals surface area (Å²) in [5.74, 6) is 3.18. The van der Waals surface area contributed by atoms with E-state index in [-0.39, 0.29) is 17.2 Å². The lowest BCUT2D eigenvalue weighted by Gasteiger charge is -2.55. The predicted molar refractivity (Wildman–Crippen MR) is 145 cm³/mol. The molecule has 0 bridgehead atoms. The fourth-order valence-electron chi connectivity index (χ4n) is 7.25. The second-order valence-corrected chi connectivity index (χ2v) is 12.9. The van der Waals surface area contributed by atoms with Crippen molar-refractivity contribution < 1.29 is 9.59 Å². The van der Waals surface area contributed by atoms with Crippen LogP contribution in [-0.2, 0) is 11.8 Å². The summed E-state index contributed by atoms with van der Waals surface area (Å²) in [5, 5.41) is 0. The summed E-state index contributed by atoms with van der Waals surface area (Å²) < 4.78 is 0. The maximum atomic E-state index is 12.6. The molecule has 2 amide bonds. The van der Waals surface area contributed by atoms with Gasteiger partial charge in [-0.25, -0.2) is 0 Å². The lowest BCUT2D eigenvalue weighted by Crippen LogP contribution is -2.50. The third-order valence-corrected chi connectivity index (χ3v) is 10.6. The van der Waals surface area contributed by atoms with E-state index >= 15 is 0 Å². The maximum absolute atomic E-state index is 12.6. The van der Waals surface area contributed by atoms with Crippen molar-refractivity contribution in [1.82, 2.24) is 4.90 Å². The van der Waals surface area contributed by atoms with Crippen LogP contribution in [0.4, 0.5) is 0 Å². The number of rotatable bonds is 7. The molecule has 1 aliphatic heterocycles. The fourth-order valence-corrected chi connectivity index (χ4v) is 8.54. The van der Waals surface area contributed by atoms with Crippen LogP contribution in [0.25, 0.3) is 0 Å². The minimum atomic E-state index is -0.132. The third-order valence-electron chi connectivity index (χ3n) is 9.15. The van der Waals surface area contributed by atoms with Gasteiger partial charge in [0.15, 0.2) is 0 Å². The standard InChI is InChI=1S/C31H39NO2S/c1-21(2)22-11-13-26-23(19-22)12-14-27-30(3,15-7-16-31(26,27)4)20-35-18-8-17-32-28(33)24-9-5-6-10-25(24)29(32)34/h5-6,9-11,13,19,21,27H,7-8,12,14-18,20H2,1-4H3/t27-,30-,31+/m0/s1. The van der Waals surface area contributed by atoms with E-state index in [2.05, 4.69) is 45.9 Å². The highest BCUT2D eigenvalue weighted by Gasteiger charge is 2.51. The topological polar surface area (TPSA) is 37.4 Å². The number of benzene rings is 2. The molecule has 3 nitrogen and oxygen atoms in total. The van der Waals surface area contributed by atoms with Crippen molar-refractivity contribution in [2.24, 2.45) is 11.3 Å². The van der Waals surface area contributed by atoms with Crippen LogP contribution in [0, 0.1) is 11.3 Å². The van der Waals surface area contributed by atoms with E-state index in [9.17, 15) is 9.59 Å². The van der Waals surface area contributed by atoms with Gasteiger partial charge in [-0.15, -0.1) is 0 Å². The summed E-state index contributed by atoms with van der Waals surface area (Å²) in [5.41, 5.74) is 6.39. The van der Waals surface area contributed by atoms with Crippen molar-refractivity contribution >= 4 is 23.6 Å². The Morgan fingerprint density at radius 1 is 1.03 bits per heavy atom. The summed E-state index contributed by atoms with van der Waals surface area (Å²) in [4.78, 5) is 26.7. The van der Waals surface area contributed by atoms with E-state index in [1.54, 1.807) is 23.3 Å². The van der Waals surface area contributed by atoms with Gasteiger partial charge in [0.2, 0.25) is 0 Å². The first-order valence-electron chi connectivity index (χ1n) is 13.4. The van der Waals surface area contributed by atoms with Crippen molar-refractivity contribution in [2.45, 2.75) is 77.6 Å². The Bertz CT molecular complexity index is 1110. The quantitative estimate of drug-likeness (QED) is 0.304. The van der Waals surface area contributed by atoms with Crippen LogP contribution in [0.15, 0.2) is 42.5 Å². The Hall–Kier alpha value is -2.07. The van der Waals surface area contributed by atoms with Crippen LogP contribution in [0.1, 0.15) is 103 Å². The number of amides is 2. The SMILES string of the molecule is CC(C)c1ccc2c(c1)CC[C@H]1[C@](C)(CSCCCN3C(=O)c4ccccc4C3=O)CCC[C@]21C. The minimum Gasteiger partial charge on any atom is -0.274 e. The zero-order chi connectivity index (χ0) is 24.8. The van der Waals surface area contributed by atoms with Crippen molar-refractivity contribution in [3.05, 3.63) is 70.3 Å². The number of hydrogen-bond donors (Lipinski definition) is 0. The Morgan fingerprint density at radius 2 is 1.74 bits per heavy atom. The molecule has 2 aromatic carbocycles. The number of carbonyl (C=O) groups excluding carboxylic acids is 2. The molecular formula is C31H39NO2S. The summed E-state index contributed by atoms with van der Waals surface area (Å²) in [6, 6.07) is 14.5. The van der Waals surface area contributed by atoms with E-state index in [0.29, 0.717) is 34.9 Å². The predicted octanol–water partition coefficient (Wildman–Crippen LogP) is 7.24. The van der Waals surface area contributed by atoms with E-state index < -0.39 is 0 Å². The van der Waals surface area contributed by atoms with Crippen LogP contribution in [-0.4, -0.2) is 34.8 Å². The number of thioether (sulfide) groups is 1. The monoisotopic (exact) mass is 489 g/mol. The third kappa shape index (κ3) is 4.26. The van der Waals surface area contributed by atoms with Gasteiger partial charge in [-0.2, -0.15) is 11.8 Å².